The van der Waals surface area contributed by atoms with E-state index in [-0.39, 0.29) is 11.8 Å². The van der Waals surface area contributed by atoms with Gasteiger partial charge in [-0.25, -0.2) is 0 Å². The molecule has 1 amide bonds. The van der Waals surface area contributed by atoms with Crippen LogP contribution in [0.5, 0.6) is 0 Å². The molecule has 3 aromatic rings. The lowest BCUT2D eigenvalue weighted by atomic mass is 9.96. The highest BCUT2D eigenvalue weighted by atomic mass is 35.5. The van der Waals surface area contributed by atoms with Gasteiger partial charge in [0.25, 0.3) is 0 Å². The van der Waals surface area contributed by atoms with Crippen molar-refractivity contribution in [3.05, 3.63) is 65.0 Å². The summed E-state index contributed by atoms with van der Waals surface area (Å²) in [4.78, 5) is 19.3. The monoisotopic (exact) mass is 424 g/mol. The maximum atomic E-state index is 12.6. The summed E-state index contributed by atoms with van der Waals surface area (Å²) in [6.45, 7) is 4.34. The number of aryl methyl sites for hydroxylation is 1. The maximum Gasteiger partial charge on any atom is 0.241 e. The summed E-state index contributed by atoms with van der Waals surface area (Å²) < 4.78 is 5.41. The molecule has 1 aromatic heterocycles. The number of carbonyl (C=O) groups excluding carboxylic acids is 1. The largest absolute Gasteiger partial charge is 0.338 e. The zero-order chi connectivity index (χ0) is 20.9. The number of likely N-dealkylation sites (tertiary alicyclic amines) is 1. The SMILES string of the molecule is CCc1ccc(NC(=O)C2CCN(Cc3nc(-c4cccc(Cl)c4)no3)CC2)cc1. The van der Waals surface area contributed by atoms with Gasteiger partial charge in [-0.3, -0.25) is 9.69 Å². The zero-order valence-corrected chi connectivity index (χ0v) is 17.7. The van der Waals surface area contributed by atoms with Gasteiger partial charge in [0.2, 0.25) is 17.6 Å². The van der Waals surface area contributed by atoms with E-state index in [1.807, 2.05) is 36.4 Å². The van der Waals surface area contributed by atoms with Crippen molar-refractivity contribution in [1.82, 2.24) is 15.0 Å². The molecule has 6 nitrogen and oxygen atoms in total. The highest BCUT2D eigenvalue weighted by molar-refractivity contribution is 6.30. The Hall–Kier alpha value is -2.70. The molecule has 0 spiro atoms. The van der Waals surface area contributed by atoms with Crippen LogP contribution in [-0.2, 0) is 17.8 Å². The van der Waals surface area contributed by atoms with Gasteiger partial charge in [0.1, 0.15) is 0 Å². The molecule has 0 aliphatic carbocycles. The molecule has 7 heteroatoms. The van der Waals surface area contributed by atoms with Crippen LogP contribution >= 0.6 is 11.6 Å². The Balaban J connectivity index is 1.28. The zero-order valence-electron chi connectivity index (χ0n) is 17.0. The lowest BCUT2D eigenvalue weighted by Crippen LogP contribution is -2.37. The molecule has 156 valence electrons. The predicted octanol–water partition coefficient (Wildman–Crippen LogP) is 4.80. The average Bonchev–Trinajstić information content (AvgIpc) is 3.23. The van der Waals surface area contributed by atoms with Crippen LogP contribution in [0.1, 0.15) is 31.2 Å². The van der Waals surface area contributed by atoms with E-state index in [1.54, 1.807) is 0 Å². The molecule has 0 unspecified atom stereocenters. The van der Waals surface area contributed by atoms with Gasteiger partial charge in [0.15, 0.2) is 0 Å². The summed E-state index contributed by atoms with van der Waals surface area (Å²) in [6.07, 6.45) is 2.62. The lowest BCUT2D eigenvalue weighted by molar-refractivity contribution is -0.121. The molecule has 0 saturated carbocycles. The third-order valence-electron chi connectivity index (χ3n) is 5.50. The van der Waals surface area contributed by atoms with Crippen LogP contribution in [-0.4, -0.2) is 34.0 Å². The Morgan fingerprint density at radius 1 is 1.20 bits per heavy atom. The molecule has 4 rings (SSSR count). The minimum atomic E-state index is 0.0248. The molecule has 2 heterocycles. The molecular formula is C23H25ClN4O2. The number of anilines is 1. The number of benzene rings is 2. The topological polar surface area (TPSA) is 71.3 Å². The van der Waals surface area contributed by atoms with Crippen LogP contribution in [0.25, 0.3) is 11.4 Å². The van der Waals surface area contributed by atoms with E-state index in [4.69, 9.17) is 16.1 Å². The van der Waals surface area contributed by atoms with Crippen molar-refractivity contribution in [3.8, 4) is 11.4 Å². The van der Waals surface area contributed by atoms with E-state index < -0.39 is 0 Å². The molecule has 0 bridgehead atoms. The van der Waals surface area contributed by atoms with Crippen molar-refractivity contribution in [1.29, 1.82) is 0 Å². The van der Waals surface area contributed by atoms with Crippen molar-refractivity contribution in [3.63, 3.8) is 0 Å². The first-order valence-corrected chi connectivity index (χ1v) is 10.7. The van der Waals surface area contributed by atoms with Gasteiger partial charge in [-0.05, 0) is 62.2 Å². The molecule has 2 aromatic carbocycles. The highest BCUT2D eigenvalue weighted by Gasteiger charge is 2.26. The number of hydrogen-bond donors (Lipinski definition) is 1. The third-order valence-corrected chi connectivity index (χ3v) is 5.73. The van der Waals surface area contributed by atoms with E-state index in [2.05, 4.69) is 39.4 Å². The van der Waals surface area contributed by atoms with Crippen molar-refractivity contribution in [2.45, 2.75) is 32.7 Å². The van der Waals surface area contributed by atoms with Gasteiger partial charge in [0.05, 0.1) is 6.54 Å². The summed E-state index contributed by atoms with van der Waals surface area (Å²) in [5.41, 5.74) is 2.96. The minimum Gasteiger partial charge on any atom is -0.338 e. The lowest BCUT2D eigenvalue weighted by Gasteiger charge is -2.30. The first kappa shape index (κ1) is 20.6. The quantitative estimate of drug-likeness (QED) is 0.615. The number of piperidine rings is 1. The fraction of sp³-hybridized carbons (Fsp3) is 0.348. The van der Waals surface area contributed by atoms with Crippen molar-refractivity contribution in [2.75, 3.05) is 18.4 Å². The molecule has 1 aliphatic rings. The van der Waals surface area contributed by atoms with Crippen LogP contribution in [0, 0.1) is 5.92 Å². The fourth-order valence-electron chi connectivity index (χ4n) is 3.68. The number of carbonyl (C=O) groups is 1. The van der Waals surface area contributed by atoms with Gasteiger partial charge < -0.3 is 9.84 Å². The van der Waals surface area contributed by atoms with Gasteiger partial charge in [-0.2, -0.15) is 4.98 Å². The van der Waals surface area contributed by atoms with E-state index in [0.717, 1.165) is 43.6 Å². The highest BCUT2D eigenvalue weighted by Crippen LogP contribution is 2.23. The van der Waals surface area contributed by atoms with Crippen LogP contribution in [0.15, 0.2) is 53.1 Å². The second-order valence-corrected chi connectivity index (χ2v) is 8.05. The van der Waals surface area contributed by atoms with Crippen molar-refractivity contribution >= 4 is 23.2 Å². The Morgan fingerprint density at radius 2 is 1.97 bits per heavy atom. The average molecular weight is 425 g/mol. The standard InChI is InChI=1S/C23H25ClN4O2/c1-2-16-6-8-20(9-7-16)25-23(29)17-10-12-28(13-11-17)15-21-26-22(27-30-21)18-4-3-5-19(24)14-18/h3-9,14,17H,2,10-13,15H2,1H3,(H,25,29). The summed E-state index contributed by atoms with van der Waals surface area (Å²) in [5, 5.41) is 7.74. The van der Waals surface area contributed by atoms with E-state index in [1.165, 1.54) is 5.56 Å². The first-order chi connectivity index (χ1) is 14.6. The Labute approximate surface area is 181 Å². The molecule has 1 aliphatic heterocycles. The van der Waals surface area contributed by atoms with E-state index in [9.17, 15) is 4.79 Å². The molecule has 30 heavy (non-hydrogen) atoms. The maximum absolute atomic E-state index is 12.6. The van der Waals surface area contributed by atoms with Gasteiger partial charge in [0, 0.05) is 22.2 Å². The molecule has 1 fully saturated rings. The summed E-state index contributed by atoms with van der Waals surface area (Å²) in [7, 11) is 0. The van der Waals surface area contributed by atoms with Gasteiger partial charge >= 0.3 is 0 Å². The van der Waals surface area contributed by atoms with E-state index >= 15 is 0 Å². The number of rotatable bonds is 6. The Bertz CT molecular complexity index is 994. The predicted molar refractivity (Wildman–Crippen MR) is 117 cm³/mol. The fourth-order valence-corrected chi connectivity index (χ4v) is 3.87. The minimum absolute atomic E-state index is 0.0248. The summed E-state index contributed by atoms with van der Waals surface area (Å²) in [5.74, 6) is 1.23. The smallest absolute Gasteiger partial charge is 0.241 e. The van der Waals surface area contributed by atoms with Crippen LogP contribution in [0.4, 0.5) is 5.69 Å². The van der Waals surface area contributed by atoms with Crippen LogP contribution in [0.2, 0.25) is 5.02 Å². The van der Waals surface area contributed by atoms with Crippen molar-refractivity contribution in [2.24, 2.45) is 5.92 Å². The molecule has 1 saturated heterocycles. The van der Waals surface area contributed by atoms with Crippen LogP contribution < -0.4 is 5.32 Å². The second kappa shape index (κ2) is 9.41. The number of nitrogens with one attached hydrogen (secondary N) is 1. The Morgan fingerprint density at radius 3 is 2.67 bits per heavy atom. The molecular weight excluding hydrogens is 400 g/mol. The first-order valence-electron chi connectivity index (χ1n) is 10.3. The normalized spacial score (nSPS) is 15.3. The number of hydrogen-bond acceptors (Lipinski definition) is 5. The summed E-state index contributed by atoms with van der Waals surface area (Å²) in [6, 6.07) is 15.4. The third kappa shape index (κ3) is 5.07. The van der Waals surface area contributed by atoms with Crippen LogP contribution in [0.3, 0.4) is 0 Å². The number of amides is 1. The molecule has 0 radical (unpaired) electrons. The van der Waals surface area contributed by atoms with Gasteiger partial charge in [-0.1, -0.05) is 47.9 Å². The number of nitrogens with zero attached hydrogens (tertiary/aromatic N) is 3. The molecule has 1 N–H and O–H groups in total. The van der Waals surface area contributed by atoms with E-state index in [0.29, 0.717) is 23.3 Å². The number of aromatic nitrogens is 2. The summed E-state index contributed by atoms with van der Waals surface area (Å²) >= 11 is 6.03. The Kier molecular flexibility index (Phi) is 6.45. The van der Waals surface area contributed by atoms with Gasteiger partial charge in [-0.15, -0.1) is 0 Å². The molecule has 0 atom stereocenters. The van der Waals surface area contributed by atoms with Crippen molar-refractivity contribution < 1.29 is 9.32 Å². The number of halogens is 1. The second-order valence-electron chi connectivity index (χ2n) is 7.61.